The highest BCUT2D eigenvalue weighted by molar-refractivity contribution is 5.78. The zero-order valence-electron chi connectivity index (χ0n) is 17.7. The molecule has 0 saturated carbocycles. The standard InChI is InChI=1S/C23H31N5O/c1-16(2)21(18-6-5-9-24-13-18)12-23(29)25-15-20(28(3)4)11-17-7-8-22-19(10-17)14-26-27-22/h5-10,13-14,16,20-21H,11-12,15H2,1-4H3,(H,25,29)(H,26,27). The predicted octanol–water partition coefficient (Wildman–Crippen LogP) is 3.38. The average Bonchev–Trinajstić information content (AvgIpc) is 3.17. The maximum atomic E-state index is 12.7. The first-order valence-corrected chi connectivity index (χ1v) is 10.2. The molecule has 2 unspecified atom stereocenters. The number of hydrogen-bond acceptors (Lipinski definition) is 4. The molecule has 29 heavy (non-hydrogen) atoms. The van der Waals surface area contributed by atoms with Crippen LogP contribution in [-0.2, 0) is 11.2 Å². The third-order valence-electron chi connectivity index (χ3n) is 5.56. The Balaban J connectivity index is 1.59. The molecule has 1 amide bonds. The number of carbonyl (C=O) groups is 1. The molecule has 2 heterocycles. The summed E-state index contributed by atoms with van der Waals surface area (Å²) in [5.41, 5.74) is 3.40. The third kappa shape index (κ3) is 5.64. The molecule has 3 aromatic rings. The minimum atomic E-state index is 0.0877. The van der Waals surface area contributed by atoms with Gasteiger partial charge in [-0.25, -0.2) is 0 Å². The summed E-state index contributed by atoms with van der Waals surface area (Å²) < 4.78 is 0. The lowest BCUT2D eigenvalue weighted by Gasteiger charge is -2.26. The molecule has 0 aliphatic carbocycles. The Labute approximate surface area is 172 Å². The van der Waals surface area contributed by atoms with Crippen LogP contribution >= 0.6 is 0 Å². The largest absolute Gasteiger partial charge is 0.355 e. The fourth-order valence-corrected chi connectivity index (χ4v) is 3.67. The Kier molecular flexibility index (Phi) is 6.99. The number of aromatic amines is 1. The summed E-state index contributed by atoms with van der Waals surface area (Å²) >= 11 is 0. The van der Waals surface area contributed by atoms with Crippen molar-refractivity contribution in [2.45, 2.75) is 38.6 Å². The van der Waals surface area contributed by atoms with Gasteiger partial charge in [-0.15, -0.1) is 0 Å². The van der Waals surface area contributed by atoms with E-state index in [-0.39, 0.29) is 17.9 Å². The number of pyridine rings is 1. The van der Waals surface area contributed by atoms with Crippen LogP contribution < -0.4 is 5.32 Å². The minimum absolute atomic E-state index is 0.0877. The molecule has 154 valence electrons. The summed E-state index contributed by atoms with van der Waals surface area (Å²) in [7, 11) is 4.11. The van der Waals surface area contributed by atoms with Crippen LogP contribution in [0.4, 0.5) is 0 Å². The van der Waals surface area contributed by atoms with Crippen LogP contribution in [0.2, 0.25) is 0 Å². The van der Waals surface area contributed by atoms with Crippen LogP contribution in [0.3, 0.4) is 0 Å². The molecule has 0 spiro atoms. The summed E-state index contributed by atoms with van der Waals surface area (Å²) in [6.07, 6.45) is 6.82. The van der Waals surface area contributed by atoms with E-state index < -0.39 is 0 Å². The van der Waals surface area contributed by atoms with Crippen molar-refractivity contribution in [3.63, 3.8) is 0 Å². The molecule has 3 rings (SSSR count). The van der Waals surface area contributed by atoms with Gasteiger partial charge in [-0.05, 0) is 61.7 Å². The fourth-order valence-electron chi connectivity index (χ4n) is 3.67. The average molecular weight is 394 g/mol. The maximum absolute atomic E-state index is 12.7. The summed E-state index contributed by atoms with van der Waals surface area (Å²) in [6.45, 7) is 4.92. The molecule has 0 saturated heterocycles. The summed E-state index contributed by atoms with van der Waals surface area (Å²) in [6, 6.07) is 10.6. The van der Waals surface area contributed by atoms with Crippen molar-refractivity contribution >= 4 is 16.8 Å². The Morgan fingerprint density at radius 1 is 1.21 bits per heavy atom. The van der Waals surface area contributed by atoms with E-state index in [0.717, 1.165) is 22.9 Å². The normalized spacial score (nSPS) is 13.7. The highest BCUT2D eigenvalue weighted by Crippen LogP contribution is 2.27. The first kappa shape index (κ1) is 21.0. The van der Waals surface area contributed by atoms with E-state index in [1.165, 1.54) is 5.56 Å². The van der Waals surface area contributed by atoms with Crippen molar-refractivity contribution in [2.24, 2.45) is 5.92 Å². The van der Waals surface area contributed by atoms with E-state index in [0.29, 0.717) is 18.9 Å². The number of nitrogens with zero attached hydrogens (tertiary/aromatic N) is 3. The SMILES string of the molecule is CC(C)C(CC(=O)NCC(Cc1ccc2[nH]ncc2c1)N(C)C)c1cccnc1. The first-order valence-electron chi connectivity index (χ1n) is 10.2. The second kappa shape index (κ2) is 9.65. The topological polar surface area (TPSA) is 73.9 Å². The predicted molar refractivity (Wildman–Crippen MR) is 117 cm³/mol. The molecule has 0 fully saturated rings. The van der Waals surface area contributed by atoms with E-state index in [1.54, 1.807) is 6.20 Å². The van der Waals surface area contributed by atoms with Gasteiger partial charge in [0.2, 0.25) is 5.91 Å². The van der Waals surface area contributed by atoms with Gasteiger partial charge in [0.15, 0.2) is 0 Å². The number of fused-ring (bicyclic) bond motifs is 1. The van der Waals surface area contributed by atoms with Crippen molar-refractivity contribution in [1.29, 1.82) is 0 Å². The third-order valence-corrected chi connectivity index (χ3v) is 5.56. The van der Waals surface area contributed by atoms with Crippen LogP contribution in [-0.4, -0.2) is 52.7 Å². The highest BCUT2D eigenvalue weighted by atomic mass is 16.1. The van der Waals surface area contributed by atoms with Gasteiger partial charge in [0.25, 0.3) is 0 Å². The number of carbonyl (C=O) groups excluding carboxylic acids is 1. The Hall–Kier alpha value is -2.73. The quantitative estimate of drug-likeness (QED) is 0.584. The zero-order valence-corrected chi connectivity index (χ0v) is 17.7. The van der Waals surface area contributed by atoms with Gasteiger partial charge in [-0.2, -0.15) is 5.10 Å². The van der Waals surface area contributed by atoms with Gasteiger partial charge in [-0.3, -0.25) is 14.9 Å². The van der Waals surface area contributed by atoms with Crippen molar-refractivity contribution in [2.75, 3.05) is 20.6 Å². The fraction of sp³-hybridized carbons (Fsp3) is 0.435. The van der Waals surface area contributed by atoms with Gasteiger partial charge >= 0.3 is 0 Å². The molecule has 2 aromatic heterocycles. The summed E-state index contributed by atoms with van der Waals surface area (Å²) in [5, 5.41) is 11.3. The molecule has 0 radical (unpaired) electrons. The molecule has 0 aliphatic rings. The molecule has 2 atom stereocenters. The van der Waals surface area contributed by atoms with E-state index in [1.807, 2.05) is 18.5 Å². The lowest BCUT2D eigenvalue weighted by Crippen LogP contribution is -2.42. The second-order valence-corrected chi connectivity index (χ2v) is 8.26. The van der Waals surface area contributed by atoms with Crippen molar-refractivity contribution in [1.82, 2.24) is 25.4 Å². The van der Waals surface area contributed by atoms with Crippen LogP contribution in [0.5, 0.6) is 0 Å². The van der Waals surface area contributed by atoms with Gasteiger partial charge < -0.3 is 10.2 Å². The molecule has 0 aliphatic heterocycles. The van der Waals surface area contributed by atoms with Gasteiger partial charge in [0.1, 0.15) is 0 Å². The second-order valence-electron chi connectivity index (χ2n) is 8.26. The van der Waals surface area contributed by atoms with Crippen molar-refractivity contribution in [3.05, 3.63) is 60.0 Å². The number of rotatable bonds is 9. The highest BCUT2D eigenvalue weighted by Gasteiger charge is 2.21. The molecule has 1 aromatic carbocycles. The summed E-state index contributed by atoms with van der Waals surface area (Å²) in [4.78, 5) is 19.1. The van der Waals surface area contributed by atoms with Crippen LogP contribution in [0.15, 0.2) is 48.9 Å². The number of benzene rings is 1. The molecular weight excluding hydrogens is 362 g/mol. The number of nitrogens with one attached hydrogen (secondary N) is 2. The number of H-pyrrole nitrogens is 1. The molecule has 2 N–H and O–H groups in total. The van der Waals surface area contributed by atoms with Crippen molar-refractivity contribution < 1.29 is 4.79 Å². The summed E-state index contributed by atoms with van der Waals surface area (Å²) in [5.74, 6) is 0.631. The minimum Gasteiger partial charge on any atom is -0.355 e. The lowest BCUT2D eigenvalue weighted by molar-refractivity contribution is -0.121. The smallest absolute Gasteiger partial charge is 0.220 e. The van der Waals surface area contributed by atoms with Crippen molar-refractivity contribution in [3.8, 4) is 0 Å². The Bertz CT molecular complexity index is 919. The van der Waals surface area contributed by atoms with Gasteiger partial charge in [-0.1, -0.05) is 26.0 Å². The molecular formula is C23H31N5O. The number of aromatic nitrogens is 3. The van der Waals surface area contributed by atoms with E-state index in [9.17, 15) is 4.79 Å². The Morgan fingerprint density at radius 3 is 2.72 bits per heavy atom. The van der Waals surface area contributed by atoms with Crippen LogP contribution in [0.1, 0.15) is 37.3 Å². The molecule has 6 heteroatoms. The number of likely N-dealkylation sites (N-methyl/N-ethyl adjacent to an activating group) is 1. The van der Waals surface area contributed by atoms with E-state index in [2.05, 4.69) is 77.6 Å². The number of amides is 1. The zero-order chi connectivity index (χ0) is 20.8. The van der Waals surface area contributed by atoms with Gasteiger partial charge in [0.05, 0.1) is 11.7 Å². The number of hydrogen-bond donors (Lipinski definition) is 2. The van der Waals surface area contributed by atoms with Crippen LogP contribution in [0.25, 0.3) is 10.9 Å². The van der Waals surface area contributed by atoms with E-state index >= 15 is 0 Å². The van der Waals surface area contributed by atoms with E-state index in [4.69, 9.17) is 0 Å². The van der Waals surface area contributed by atoms with Crippen LogP contribution in [0, 0.1) is 5.92 Å². The Morgan fingerprint density at radius 2 is 2.03 bits per heavy atom. The molecule has 6 nitrogen and oxygen atoms in total. The lowest BCUT2D eigenvalue weighted by atomic mass is 9.86. The monoisotopic (exact) mass is 393 g/mol. The molecule has 0 bridgehead atoms. The maximum Gasteiger partial charge on any atom is 0.220 e. The first-order chi connectivity index (χ1) is 13.9. The van der Waals surface area contributed by atoms with Gasteiger partial charge in [0, 0.05) is 36.8 Å².